The molecule has 2 saturated heterocycles. The Kier molecular flexibility index (Phi) is 6.23. The van der Waals surface area contributed by atoms with E-state index >= 15 is 0 Å². The average Bonchev–Trinajstić information content (AvgIpc) is 2.81. The topological polar surface area (TPSA) is 23.6 Å². The van der Waals surface area contributed by atoms with Crippen LogP contribution in [0.25, 0.3) is 0 Å². The normalized spacial score (nSPS) is 23.9. The lowest BCUT2D eigenvalue weighted by atomic mass is 10.1. The van der Waals surface area contributed by atoms with E-state index < -0.39 is 0 Å². The molecule has 1 aromatic carbocycles. The zero-order valence-electron chi connectivity index (χ0n) is 15.0. The van der Waals surface area contributed by atoms with E-state index in [0.29, 0.717) is 11.2 Å². The summed E-state index contributed by atoms with van der Waals surface area (Å²) in [5.74, 6) is 0.373. The van der Waals surface area contributed by atoms with Gasteiger partial charge in [-0.25, -0.2) is 0 Å². The maximum Gasteiger partial charge on any atom is 0.239 e. The molecule has 0 saturated carbocycles. The molecule has 2 aliphatic rings. The van der Waals surface area contributed by atoms with E-state index in [0.717, 1.165) is 38.9 Å². The van der Waals surface area contributed by atoms with Crippen molar-refractivity contribution < 1.29 is 4.79 Å². The lowest BCUT2D eigenvalue weighted by molar-refractivity contribution is -0.137. The Labute approximate surface area is 150 Å². The van der Waals surface area contributed by atoms with Crippen LogP contribution in [0.2, 0.25) is 0 Å². The van der Waals surface area contributed by atoms with Crippen LogP contribution in [-0.4, -0.2) is 53.7 Å². The average molecular weight is 347 g/mol. The molecule has 132 valence electrons. The molecule has 4 heteroatoms. The van der Waals surface area contributed by atoms with Crippen LogP contribution in [0.4, 0.5) is 0 Å². The number of nitrogens with zero attached hydrogens (tertiary/aromatic N) is 2. The highest BCUT2D eigenvalue weighted by molar-refractivity contribution is 8.00. The minimum Gasteiger partial charge on any atom is -0.341 e. The van der Waals surface area contributed by atoms with Gasteiger partial charge in [0.2, 0.25) is 5.91 Å². The van der Waals surface area contributed by atoms with Gasteiger partial charge in [-0.15, -0.1) is 11.8 Å². The maximum absolute atomic E-state index is 12.9. The third-order valence-electron chi connectivity index (χ3n) is 5.38. The van der Waals surface area contributed by atoms with Gasteiger partial charge in [0.25, 0.3) is 0 Å². The Balaban J connectivity index is 1.50. The molecule has 0 N–H and O–H groups in total. The highest BCUT2D eigenvalue weighted by Crippen LogP contribution is 2.31. The molecule has 24 heavy (non-hydrogen) atoms. The molecule has 3 nitrogen and oxygen atoms in total. The van der Waals surface area contributed by atoms with Crippen molar-refractivity contribution in [2.24, 2.45) is 0 Å². The zero-order valence-corrected chi connectivity index (χ0v) is 15.9. The van der Waals surface area contributed by atoms with E-state index in [9.17, 15) is 4.79 Å². The van der Waals surface area contributed by atoms with Crippen LogP contribution in [0.5, 0.6) is 0 Å². The summed E-state index contributed by atoms with van der Waals surface area (Å²) in [5.41, 5.74) is 1.31. The summed E-state index contributed by atoms with van der Waals surface area (Å²) < 4.78 is 0. The fourth-order valence-corrected chi connectivity index (χ4v) is 4.90. The fourth-order valence-electron chi connectivity index (χ4n) is 3.78. The van der Waals surface area contributed by atoms with Crippen molar-refractivity contribution >= 4 is 17.7 Å². The molecule has 1 unspecified atom stereocenters. The van der Waals surface area contributed by atoms with Crippen LogP contribution in [0.1, 0.15) is 44.1 Å². The predicted molar refractivity (Wildman–Crippen MR) is 102 cm³/mol. The molecule has 3 rings (SSSR count). The summed E-state index contributed by atoms with van der Waals surface area (Å²) in [5, 5.41) is 0.642. The Morgan fingerprint density at radius 2 is 1.71 bits per heavy atom. The first-order valence-corrected chi connectivity index (χ1v) is 10.2. The first-order valence-electron chi connectivity index (χ1n) is 9.36. The molecule has 2 aliphatic heterocycles. The van der Waals surface area contributed by atoms with Gasteiger partial charge >= 0.3 is 0 Å². The van der Waals surface area contributed by atoms with Crippen molar-refractivity contribution in [3.05, 3.63) is 29.8 Å². The standard InChI is InChI=1S/C20H30N2OS/c1-16-7-9-17(10-8-16)24-18-11-14-22(15-12-18)20(23)19-6-4-3-5-13-21(19)2/h7-10,18-19H,3-6,11-15H2,1-2H3. The van der Waals surface area contributed by atoms with Crippen molar-refractivity contribution in [2.45, 2.75) is 61.6 Å². The van der Waals surface area contributed by atoms with Gasteiger partial charge < -0.3 is 4.90 Å². The molecule has 1 atom stereocenters. The smallest absolute Gasteiger partial charge is 0.239 e. The zero-order chi connectivity index (χ0) is 16.9. The number of likely N-dealkylation sites (tertiary alicyclic amines) is 2. The summed E-state index contributed by atoms with van der Waals surface area (Å²) in [6, 6.07) is 8.93. The third kappa shape index (κ3) is 4.54. The quantitative estimate of drug-likeness (QED) is 0.828. The molecule has 2 fully saturated rings. The van der Waals surface area contributed by atoms with Gasteiger partial charge in [0.1, 0.15) is 0 Å². The molecule has 2 heterocycles. The third-order valence-corrected chi connectivity index (χ3v) is 6.73. The number of likely N-dealkylation sites (N-methyl/N-ethyl adjacent to an activating group) is 1. The monoisotopic (exact) mass is 346 g/mol. The van der Waals surface area contributed by atoms with Crippen molar-refractivity contribution in [3.8, 4) is 0 Å². The van der Waals surface area contributed by atoms with E-state index in [-0.39, 0.29) is 6.04 Å². The Hall–Kier alpha value is -1.00. The van der Waals surface area contributed by atoms with Crippen molar-refractivity contribution in [1.29, 1.82) is 0 Å². The summed E-state index contributed by atoms with van der Waals surface area (Å²) in [6.07, 6.45) is 6.95. The molecule has 1 amide bonds. The number of piperidine rings is 1. The molecule has 0 spiro atoms. The van der Waals surface area contributed by atoms with Gasteiger partial charge in [0.05, 0.1) is 6.04 Å². The number of carbonyl (C=O) groups excluding carboxylic acids is 1. The molecule has 0 aliphatic carbocycles. The second-order valence-corrected chi connectivity index (χ2v) is 8.68. The fraction of sp³-hybridized carbons (Fsp3) is 0.650. The number of aryl methyl sites for hydroxylation is 1. The number of hydrogen-bond donors (Lipinski definition) is 0. The molecule has 0 aromatic heterocycles. The largest absolute Gasteiger partial charge is 0.341 e. The van der Waals surface area contributed by atoms with Gasteiger partial charge in [-0.2, -0.15) is 0 Å². The molecule has 0 bridgehead atoms. The van der Waals surface area contributed by atoms with E-state index in [2.05, 4.69) is 48.0 Å². The van der Waals surface area contributed by atoms with Crippen molar-refractivity contribution in [1.82, 2.24) is 9.80 Å². The number of rotatable bonds is 3. The number of amides is 1. The number of hydrogen-bond acceptors (Lipinski definition) is 3. The Bertz CT molecular complexity index is 537. The number of thioether (sulfide) groups is 1. The van der Waals surface area contributed by atoms with Crippen LogP contribution in [0.3, 0.4) is 0 Å². The van der Waals surface area contributed by atoms with E-state index in [1.165, 1.54) is 29.7 Å². The van der Waals surface area contributed by atoms with Gasteiger partial charge in [0.15, 0.2) is 0 Å². The van der Waals surface area contributed by atoms with Gasteiger partial charge in [0, 0.05) is 23.2 Å². The lowest BCUT2D eigenvalue weighted by Gasteiger charge is -2.36. The second-order valence-electron chi connectivity index (χ2n) is 7.30. The lowest BCUT2D eigenvalue weighted by Crippen LogP contribution is -2.49. The molecular formula is C20H30N2OS. The van der Waals surface area contributed by atoms with Crippen molar-refractivity contribution in [2.75, 3.05) is 26.7 Å². The minimum atomic E-state index is 0.119. The predicted octanol–water partition coefficient (Wildman–Crippen LogP) is 3.95. The molecule has 0 radical (unpaired) electrons. The molecule has 1 aromatic rings. The summed E-state index contributed by atoms with van der Waals surface area (Å²) in [6.45, 7) is 5.04. The maximum atomic E-state index is 12.9. The van der Waals surface area contributed by atoms with Crippen molar-refractivity contribution in [3.63, 3.8) is 0 Å². The molecular weight excluding hydrogens is 316 g/mol. The van der Waals surface area contributed by atoms with Crippen LogP contribution >= 0.6 is 11.8 Å². The van der Waals surface area contributed by atoms with Crippen LogP contribution in [0.15, 0.2) is 29.2 Å². The first-order chi connectivity index (χ1) is 11.6. The highest BCUT2D eigenvalue weighted by Gasteiger charge is 2.31. The SMILES string of the molecule is Cc1ccc(SC2CCN(C(=O)C3CCCCCN3C)CC2)cc1. The number of benzene rings is 1. The summed E-state index contributed by atoms with van der Waals surface area (Å²) in [4.78, 5) is 18.7. The van der Waals surface area contributed by atoms with E-state index in [4.69, 9.17) is 0 Å². The summed E-state index contributed by atoms with van der Waals surface area (Å²) >= 11 is 1.98. The van der Waals surface area contributed by atoms with Gasteiger partial charge in [-0.3, -0.25) is 9.69 Å². The van der Waals surface area contributed by atoms with Gasteiger partial charge in [-0.1, -0.05) is 30.5 Å². The summed E-state index contributed by atoms with van der Waals surface area (Å²) in [7, 11) is 2.12. The Morgan fingerprint density at radius 1 is 1.00 bits per heavy atom. The van der Waals surface area contributed by atoms with E-state index in [1.807, 2.05) is 11.8 Å². The minimum absolute atomic E-state index is 0.119. The first kappa shape index (κ1) is 17.8. The van der Waals surface area contributed by atoms with E-state index in [1.54, 1.807) is 0 Å². The Morgan fingerprint density at radius 3 is 2.42 bits per heavy atom. The second kappa shape index (κ2) is 8.39. The number of carbonyl (C=O) groups is 1. The van der Waals surface area contributed by atoms with Crippen LogP contribution in [0, 0.1) is 6.92 Å². The van der Waals surface area contributed by atoms with Gasteiger partial charge in [-0.05, 0) is 58.3 Å². The van der Waals surface area contributed by atoms with Crippen LogP contribution < -0.4 is 0 Å². The van der Waals surface area contributed by atoms with Crippen LogP contribution in [-0.2, 0) is 4.79 Å². The highest BCUT2D eigenvalue weighted by atomic mass is 32.2.